The lowest BCUT2D eigenvalue weighted by Crippen LogP contribution is -2.43. The van der Waals surface area contributed by atoms with Crippen molar-refractivity contribution >= 4 is 11.9 Å². The van der Waals surface area contributed by atoms with Gasteiger partial charge in [0.2, 0.25) is 5.91 Å². The van der Waals surface area contributed by atoms with E-state index in [9.17, 15) is 9.59 Å². The van der Waals surface area contributed by atoms with E-state index in [0.717, 1.165) is 5.56 Å². The largest absolute Gasteiger partial charge is 0.497 e. The lowest BCUT2D eigenvalue weighted by molar-refractivity contribution is -0.142. The number of methoxy groups -OCH3 is 2. The van der Waals surface area contributed by atoms with Gasteiger partial charge in [-0.2, -0.15) is 0 Å². The van der Waals surface area contributed by atoms with Crippen LogP contribution in [0.1, 0.15) is 18.4 Å². The summed E-state index contributed by atoms with van der Waals surface area (Å²) in [5.41, 5.74) is 0.938. The van der Waals surface area contributed by atoms with Gasteiger partial charge in [-0.05, 0) is 24.5 Å². The molecule has 122 valence electrons. The van der Waals surface area contributed by atoms with E-state index in [2.05, 4.69) is 5.32 Å². The molecule has 0 aliphatic carbocycles. The van der Waals surface area contributed by atoms with E-state index in [4.69, 9.17) is 19.7 Å². The van der Waals surface area contributed by atoms with E-state index < -0.39 is 24.5 Å². The Kier molecular flexibility index (Phi) is 7.18. The van der Waals surface area contributed by atoms with Crippen molar-refractivity contribution in [1.29, 1.82) is 0 Å². The van der Waals surface area contributed by atoms with Gasteiger partial charge in [0.05, 0.1) is 20.8 Å². The number of benzene rings is 1. The number of amides is 1. The molecule has 7 nitrogen and oxygen atoms in total. The third kappa shape index (κ3) is 5.25. The molecule has 22 heavy (non-hydrogen) atoms. The first-order chi connectivity index (χ1) is 10.5. The van der Waals surface area contributed by atoms with Crippen LogP contribution in [0.25, 0.3) is 0 Å². The number of hydrogen-bond acceptors (Lipinski definition) is 5. The lowest BCUT2D eigenvalue weighted by atomic mass is 10.1. The second-order valence-electron chi connectivity index (χ2n) is 4.67. The molecule has 1 aromatic rings. The molecule has 1 rings (SSSR count). The van der Waals surface area contributed by atoms with Crippen molar-refractivity contribution in [3.63, 3.8) is 0 Å². The van der Waals surface area contributed by atoms with Crippen LogP contribution < -0.4 is 14.8 Å². The zero-order valence-corrected chi connectivity index (χ0v) is 12.7. The predicted octanol–water partition coefficient (Wildman–Crippen LogP) is 0.588. The van der Waals surface area contributed by atoms with Crippen LogP contribution in [0.15, 0.2) is 18.2 Å². The Labute approximate surface area is 128 Å². The minimum Gasteiger partial charge on any atom is -0.497 e. The van der Waals surface area contributed by atoms with Crippen LogP contribution in [0.5, 0.6) is 11.5 Å². The highest BCUT2D eigenvalue weighted by atomic mass is 16.5. The highest BCUT2D eigenvalue weighted by molar-refractivity contribution is 5.83. The van der Waals surface area contributed by atoms with Crippen molar-refractivity contribution in [2.45, 2.75) is 25.3 Å². The van der Waals surface area contributed by atoms with Gasteiger partial charge in [-0.3, -0.25) is 4.79 Å². The Hall–Kier alpha value is -2.28. The van der Waals surface area contributed by atoms with Gasteiger partial charge in [0, 0.05) is 12.5 Å². The molecule has 0 fully saturated rings. The van der Waals surface area contributed by atoms with E-state index in [0.29, 0.717) is 24.3 Å². The molecule has 0 aromatic heterocycles. The molecule has 1 atom stereocenters. The summed E-state index contributed by atoms with van der Waals surface area (Å²) < 4.78 is 10.4. The Bertz CT molecular complexity index is 517. The number of hydrogen-bond donors (Lipinski definition) is 3. The van der Waals surface area contributed by atoms with Gasteiger partial charge in [0.15, 0.2) is 0 Å². The van der Waals surface area contributed by atoms with Gasteiger partial charge in [0.1, 0.15) is 17.5 Å². The van der Waals surface area contributed by atoms with Crippen molar-refractivity contribution in [3.05, 3.63) is 23.8 Å². The minimum atomic E-state index is -1.26. The maximum atomic E-state index is 11.6. The number of aliphatic hydroxyl groups is 1. The number of carbonyl (C=O) groups excluding carboxylic acids is 1. The van der Waals surface area contributed by atoms with Crippen LogP contribution in [-0.2, 0) is 16.0 Å². The summed E-state index contributed by atoms with van der Waals surface area (Å²) in [4.78, 5) is 22.3. The van der Waals surface area contributed by atoms with Gasteiger partial charge in [-0.25, -0.2) is 4.79 Å². The molecule has 0 radical (unpaired) electrons. The molecule has 0 heterocycles. The molecule has 0 aliphatic heterocycles. The quantitative estimate of drug-likeness (QED) is 0.616. The highest BCUT2D eigenvalue weighted by Gasteiger charge is 2.18. The molecule has 1 unspecified atom stereocenters. The number of nitrogens with one attached hydrogen (secondary N) is 1. The van der Waals surface area contributed by atoms with Crippen LogP contribution in [0.4, 0.5) is 0 Å². The molecule has 1 amide bonds. The van der Waals surface area contributed by atoms with Gasteiger partial charge in [-0.1, -0.05) is 6.07 Å². The van der Waals surface area contributed by atoms with Crippen LogP contribution in [0.3, 0.4) is 0 Å². The van der Waals surface area contributed by atoms with E-state index in [1.165, 1.54) is 0 Å². The maximum Gasteiger partial charge on any atom is 0.328 e. The smallest absolute Gasteiger partial charge is 0.328 e. The second kappa shape index (κ2) is 8.89. The molecule has 0 aliphatic rings. The molecule has 3 N–H and O–H groups in total. The summed E-state index contributed by atoms with van der Waals surface area (Å²) in [6.07, 6.45) is 1.31. The second-order valence-corrected chi connectivity index (χ2v) is 4.67. The number of carboxylic acids is 1. The van der Waals surface area contributed by atoms with Crippen LogP contribution in [0, 0.1) is 0 Å². The molecule has 0 bridgehead atoms. The fourth-order valence-corrected chi connectivity index (χ4v) is 1.95. The van der Waals surface area contributed by atoms with E-state index in [1.54, 1.807) is 20.3 Å². The summed E-state index contributed by atoms with van der Waals surface area (Å²) in [6.45, 7) is -0.632. The third-order valence-electron chi connectivity index (χ3n) is 3.16. The normalized spacial score (nSPS) is 11.6. The zero-order chi connectivity index (χ0) is 16.5. The van der Waals surface area contributed by atoms with Gasteiger partial charge >= 0.3 is 5.97 Å². The molecule has 0 saturated carbocycles. The first-order valence-corrected chi connectivity index (χ1v) is 6.85. The molecule has 1 aromatic carbocycles. The Morgan fingerprint density at radius 3 is 2.55 bits per heavy atom. The number of ether oxygens (including phenoxy) is 2. The van der Waals surface area contributed by atoms with E-state index in [-0.39, 0.29) is 6.42 Å². The van der Waals surface area contributed by atoms with Gasteiger partial charge < -0.3 is 25.0 Å². The fourth-order valence-electron chi connectivity index (χ4n) is 1.95. The maximum absolute atomic E-state index is 11.6. The van der Waals surface area contributed by atoms with Crippen LogP contribution in [-0.4, -0.2) is 49.0 Å². The average molecular weight is 311 g/mol. The Balaban J connectivity index is 2.50. The van der Waals surface area contributed by atoms with Crippen molar-refractivity contribution in [2.75, 3.05) is 20.8 Å². The third-order valence-corrected chi connectivity index (χ3v) is 3.16. The number of aliphatic hydroxyl groups excluding tert-OH is 1. The fraction of sp³-hybridized carbons (Fsp3) is 0.467. The summed E-state index contributed by atoms with van der Waals surface area (Å²) in [5.74, 6) is -0.300. The number of aliphatic carboxylic acids is 1. The number of aryl methyl sites for hydroxylation is 1. The van der Waals surface area contributed by atoms with Gasteiger partial charge in [0.25, 0.3) is 0 Å². The average Bonchev–Trinajstić information content (AvgIpc) is 2.52. The first kappa shape index (κ1) is 17.8. The van der Waals surface area contributed by atoms with Crippen molar-refractivity contribution in [3.8, 4) is 11.5 Å². The molecular formula is C15H21NO6. The first-order valence-electron chi connectivity index (χ1n) is 6.85. The van der Waals surface area contributed by atoms with Crippen molar-refractivity contribution in [2.24, 2.45) is 0 Å². The Morgan fingerprint density at radius 1 is 1.27 bits per heavy atom. The van der Waals surface area contributed by atoms with Crippen molar-refractivity contribution in [1.82, 2.24) is 5.32 Å². The van der Waals surface area contributed by atoms with E-state index in [1.807, 2.05) is 12.1 Å². The predicted molar refractivity (Wildman–Crippen MR) is 79.1 cm³/mol. The monoisotopic (exact) mass is 311 g/mol. The zero-order valence-electron chi connectivity index (χ0n) is 12.7. The SMILES string of the molecule is COc1ccc(CCCC(=O)NC(CO)C(=O)O)c(OC)c1. The molecule has 7 heteroatoms. The Morgan fingerprint density at radius 2 is 2.00 bits per heavy atom. The van der Waals surface area contributed by atoms with Gasteiger partial charge in [-0.15, -0.1) is 0 Å². The number of carboxylic acid groups (broad SMARTS) is 1. The summed E-state index contributed by atoms with van der Waals surface area (Å²) in [7, 11) is 3.13. The minimum absolute atomic E-state index is 0.166. The number of carbonyl (C=O) groups is 2. The van der Waals surface area contributed by atoms with Crippen molar-refractivity contribution < 1.29 is 29.3 Å². The van der Waals surface area contributed by atoms with Crippen LogP contribution >= 0.6 is 0 Å². The lowest BCUT2D eigenvalue weighted by Gasteiger charge is -2.12. The summed E-state index contributed by atoms with van der Waals surface area (Å²) >= 11 is 0. The van der Waals surface area contributed by atoms with E-state index >= 15 is 0 Å². The molecule has 0 saturated heterocycles. The topological polar surface area (TPSA) is 105 Å². The van der Waals surface area contributed by atoms with Crippen LogP contribution in [0.2, 0.25) is 0 Å². The molecule has 0 spiro atoms. The summed E-state index contributed by atoms with van der Waals surface area (Å²) in [6, 6.07) is 4.18. The highest BCUT2D eigenvalue weighted by Crippen LogP contribution is 2.25. The number of rotatable bonds is 9. The molecular weight excluding hydrogens is 290 g/mol. The standard InChI is InChI=1S/C15H21NO6/c1-21-11-7-6-10(13(8-11)22-2)4-3-5-14(18)16-12(9-17)15(19)20/h6-8,12,17H,3-5,9H2,1-2H3,(H,16,18)(H,19,20). The summed E-state index contributed by atoms with van der Waals surface area (Å²) in [5, 5.41) is 19.8.